The van der Waals surface area contributed by atoms with Gasteiger partial charge >= 0.3 is 6.01 Å². The van der Waals surface area contributed by atoms with Crippen LogP contribution in [-0.4, -0.2) is 16.2 Å². The first-order chi connectivity index (χ1) is 15.0. The van der Waals surface area contributed by atoms with Crippen LogP contribution in [-0.2, 0) is 6.61 Å². The van der Waals surface area contributed by atoms with Gasteiger partial charge in [-0.2, -0.15) is 4.98 Å². The molecule has 0 saturated carbocycles. The molecular formula is C24H17Cl2FN2OS. The first-order valence-electron chi connectivity index (χ1n) is 9.37. The van der Waals surface area contributed by atoms with E-state index in [1.165, 1.54) is 12.1 Å². The molecule has 0 N–H and O–H groups in total. The van der Waals surface area contributed by atoms with Crippen molar-refractivity contribution in [1.82, 2.24) is 9.97 Å². The number of hydrogen-bond acceptors (Lipinski definition) is 4. The van der Waals surface area contributed by atoms with Crippen LogP contribution in [0.1, 0.15) is 5.56 Å². The molecule has 0 aliphatic heterocycles. The standard InChI is InChI=1S/C24H17Cl2FN2OS/c1-31-19-9-10-20(22(26)12-19)21-13-28-24(30-14-15-3-2-4-18(27)11-15)29-23(21)16-5-7-17(25)8-6-16/h2-13H,14H2,1H3. The van der Waals surface area contributed by atoms with E-state index in [0.717, 1.165) is 21.6 Å². The lowest BCUT2D eigenvalue weighted by Crippen LogP contribution is -2.02. The number of thioether (sulfide) groups is 1. The highest BCUT2D eigenvalue weighted by atomic mass is 35.5. The molecule has 0 fully saturated rings. The van der Waals surface area contributed by atoms with Gasteiger partial charge in [-0.25, -0.2) is 9.37 Å². The van der Waals surface area contributed by atoms with Crippen molar-refractivity contribution in [2.75, 3.05) is 6.26 Å². The Bertz CT molecular complexity index is 1220. The number of benzene rings is 3. The van der Waals surface area contributed by atoms with Crippen LogP contribution in [0.3, 0.4) is 0 Å². The van der Waals surface area contributed by atoms with Crippen LogP contribution in [0.4, 0.5) is 4.39 Å². The summed E-state index contributed by atoms with van der Waals surface area (Å²) in [6, 6.07) is 19.7. The van der Waals surface area contributed by atoms with Gasteiger partial charge in [0.1, 0.15) is 12.4 Å². The van der Waals surface area contributed by atoms with Gasteiger partial charge in [-0.15, -0.1) is 11.8 Å². The summed E-state index contributed by atoms with van der Waals surface area (Å²) in [5, 5.41) is 1.24. The van der Waals surface area contributed by atoms with Crippen LogP contribution >= 0.6 is 35.0 Å². The van der Waals surface area contributed by atoms with E-state index in [-0.39, 0.29) is 18.4 Å². The number of halogens is 3. The van der Waals surface area contributed by atoms with Crippen LogP contribution in [0, 0.1) is 5.82 Å². The minimum Gasteiger partial charge on any atom is -0.459 e. The molecule has 0 bridgehead atoms. The largest absolute Gasteiger partial charge is 0.459 e. The number of rotatable bonds is 6. The zero-order chi connectivity index (χ0) is 21.8. The lowest BCUT2D eigenvalue weighted by molar-refractivity contribution is 0.280. The van der Waals surface area contributed by atoms with Crippen molar-refractivity contribution in [3.05, 3.63) is 94.4 Å². The number of ether oxygens (including phenoxy) is 1. The highest BCUT2D eigenvalue weighted by Gasteiger charge is 2.15. The summed E-state index contributed by atoms with van der Waals surface area (Å²) < 4.78 is 19.2. The maximum absolute atomic E-state index is 13.4. The molecule has 0 radical (unpaired) electrons. The maximum atomic E-state index is 13.4. The molecule has 1 heterocycles. The molecule has 3 aromatic carbocycles. The Hall–Kier alpha value is -2.60. The molecule has 156 valence electrons. The van der Waals surface area contributed by atoms with Crippen molar-refractivity contribution >= 4 is 35.0 Å². The van der Waals surface area contributed by atoms with Crippen LogP contribution in [0.5, 0.6) is 6.01 Å². The van der Waals surface area contributed by atoms with Gasteiger partial charge in [0.05, 0.1) is 5.69 Å². The highest BCUT2D eigenvalue weighted by molar-refractivity contribution is 7.98. The van der Waals surface area contributed by atoms with Gasteiger partial charge in [0.25, 0.3) is 0 Å². The highest BCUT2D eigenvalue weighted by Crippen LogP contribution is 2.37. The fourth-order valence-corrected chi connectivity index (χ4v) is 3.99. The third kappa shape index (κ3) is 5.18. The number of nitrogens with zero attached hydrogens (tertiary/aromatic N) is 2. The lowest BCUT2D eigenvalue weighted by Gasteiger charge is -2.13. The molecule has 0 amide bonds. The molecule has 7 heteroatoms. The van der Waals surface area contributed by atoms with E-state index in [1.54, 1.807) is 42.2 Å². The summed E-state index contributed by atoms with van der Waals surface area (Å²) in [5.74, 6) is -0.317. The van der Waals surface area contributed by atoms with E-state index >= 15 is 0 Å². The summed E-state index contributed by atoms with van der Waals surface area (Å²) >= 11 is 14.3. The van der Waals surface area contributed by atoms with Gasteiger partial charge in [-0.05, 0) is 48.2 Å². The van der Waals surface area contributed by atoms with E-state index < -0.39 is 0 Å². The van der Waals surface area contributed by atoms with Gasteiger partial charge in [-0.1, -0.05) is 53.5 Å². The third-order valence-corrected chi connectivity index (χ3v) is 5.90. The van der Waals surface area contributed by atoms with E-state index in [1.807, 2.05) is 36.6 Å². The quantitative estimate of drug-likeness (QED) is 0.272. The molecule has 4 rings (SSSR count). The van der Waals surface area contributed by atoms with Gasteiger partial charge < -0.3 is 4.74 Å². The summed E-state index contributed by atoms with van der Waals surface area (Å²) in [5.41, 5.74) is 3.80. The average molecular weight is 471 g/mol. The van der Waals surface area contributed by atoms with Crippen molar-refractivity contribution in [2.45, 2.75) is 11.5 Å². The lowest BCUT2D eigenvalue weighted by atomic mass is 10.0. The van der Waals surface area contributed by atoms with Crippen molar-refractivity contribution < 1.29 is 9.13 Å². The fourth-order valence-electron chi connectivity index (χ4n) is 3.08. The predicted molar refractivity (Wildman–Crippen MR) is 125 cm³/mol. The summed E-state index contributed by atoms with van der Waals surface area (Å²) in [6.07, 6.45) is 3.69. The Labute approximate surface area is 194 Å². The SMILES string of the molecule is CSc1ccc(-c2cnc(OCc3cccc(F)c3)nc2-c2ccc(Cl)cc2)c(Cl)c1. The first-order valence-corrected chi connectivity index (χ1v) is 11.4. The topological polar surface area (TPSA) is 35.0 Å². The molecule has 1 aromatic heterocycles. The molecule has 3 nitrogen and oxygen atoms in total. The molecule has 4 aromatic rings. The second-order valence-electron chi connectivity index (χ2n) is 6.69. The Morgan fingerprint density at radius 1 is 0.968 bits per heavy atom. The minimum absolute atomic E-state index is 0.153. The Kier molecular flexibility index (Phi) is 6.76. The molecular weight excluding hydrogens is 454 g/mol. The fraction of sp³-hybridized carbons (Fsp3) is 0.0833. The second kappa shape index (κ2) is 9.69. The molecule has 0 aliphatic carbocycles. The molecule has 0 unspecified atom stereocenters. The Morgan fingerprint density at radius 2 is 1.77 bits per heavy atom. The van der Waals surface area contributed by atoms with Crippen molar-refractivity contribution in [2.24, 2.45) is 0 Å². The third-order valence-electron chi connectivity index (χ3n) is 4.61. The van der Waals surface area contributed by atoms with E-state index in [2.05, 4.69) is 9.97 Å². The second-order valence-corrected chi connectivity index (χ2v) is 8.41. The summed E-state index contributed by atoms with van der Waals surface area (Å²) in [7, 11) is 0. The average Bonchev–Trinajstić information content (AvgIpc) is 2.78. The van der Waals surface area contributed by atoms with Crippen LogP contribution in [0.25, 0.3) is 22.4 Å². The smallest absolute Gasteiger partial charge is 0.317 e. The maximum Gasteiger partial charge on any atom is 0.317 e. The molecule has 0 aliphatic rings. The van der Waals surface area contributed by atoms with Gasteiger partial charge in [0, 0.05) is 37.8 Å². The monoisotopic (exact) mass is 470 g/mol. The molecule has 0 atom stereocenters. The zero-order valence-corrected chi connectivity index (χ0v) is 18.8. The normalized spacial score (nSPS) is 10.8. The van der Waals surface area contributed by atoms with Crippen molar-refractivity contribution in [3.63, 3.8) is 0 Å². The number of hydrogen-bond donors (Lipinski definition) is 0. The van der Waals surface area contributed by atoms with Crippen LogP contribution in [0.2, 0.25) is 10.0 Å². The van der Waals surface area contributed by atoms with E-state index in [0.29, 0.717) is 21.3 Å². The van der Waals surface area contributed by atoms with Gasteiger partial charge in [0.15, 0.2) is 0 Å². The summed E-state index contributed by atoms with van der Waals surface area (Å²) in [4.78, 5) is 10.1. The number of aromatic nitrogens is 2. The van der Waals surface area contributed by atoms with Gasteiger partial charge in [-0.3, -0.25) is 0 Å². The van der Waals surface area contributed by atoms with Crippen LogP contribution in [0.15, 0.2) is 77.8 Å². The van der Waals surface area contributed by atoms with Crippen LogP contribution < -0.4 is 4.74 Å². The van der Waals surface area contributed by atoms with Crippen molar-refractivity contribution in [1.29, 1.82) is 0 Å². The van der Waals surface area contributed by atoms with Gasteiger partial charge in [0.2, 0.25) is 0 Å². The van der Waals surface area contributed by atoms with Crippen molar-refractivity contribution in [3.8, 4) is 28.4 Å². The molecule has 31 heavy (non-hydrogen) atoms. The zero-order valence-electron chi connectivity index (χ0n) is 16.5. The van der Waals surface area contributed by atoms with E-state index in [9.17, 15) is 4.39 Å². The predicted octanol–water partition coefficient (Wildman–Crippen LogP) is 7.56. The molecule has 0 saturated heterocycles. The first kappa shape index (κ1) is 21.6. The Balaban J connectivity index is 1.73. The molecule has 0 spiro atoms. The Morgan fingerprint density at radius 3 is 2.48 bits per heavy atom. The minimum atomic E-state index is -0.317. The van der Waals surface area contributed by atoms with E-state index in [4.69, 9.17) is 27.9 Å². The summed E-state index contributed by atoms with van der Waals surface area (Å²) in [6.45, 7) is 0.153.